The third-order valence-corrected chi connectivity index (χ3v) is 4.40. The van der Waals surface area contributed by atoms with Crippen LogP contribution in [0.25, 0.3) is 10.8 Å². The number of halogens is 1. The lowest BCUT2D eigenvalue weighted by Crippen LogP contribution is -1.83. The number of fused-ring (bicyclic) bond motifs is 1. The van der Waals surface area contributed by atoms with Crippen molar-refractivity contribution < 1.29 is 0 Å². The molecule has 0 radical (unpaired) electrons. The average Bonchev–Trinajstić information content (AvgIpc) is 2.47. The Bertz CT molecular complexity index is 684. The van der Waals surface area contributed by atoms with E-state index in [-0.39, 0.29) is 0 Å². The molecule has 0 atom stereocenters. The molecule has 3 aromatic rings. The molecule has 0 heterocycles. The van der Waals surface area contributed by atoms with E-state index in [1.807, 2.05) is 23.9 Å². The Morgan fingerprint density at radius 2 is 1.53 bits per heavy atom. The van der Waals surface area contributed by atoms with E-state index >= 15 is 0 Å². The fourth-order valence-electron chi connectivity index (χ4n) is 2.11. The van der Waals surface area contributed by atoms with Crippen molar-refractivity contribution in [1.29, 1.82) is 0 Å². The van der Waals surface area contributed by atoms with Gasteiger partial charge in [-0.05, 0) is 40.6 Å². The van der Waals surface area contributed by atoms with Gasteiger partial charge in [-0.3, -0.25) is 0 Å². The van der Waals surface area contributed by atoms with Crippen LogP contribution in [0.3, 0.4) is 0 Å². The minimum Gasteiger partial charge on any atom is -0.121 e. The molecule has 2 heteroatoms. The van der Waals surface area contributed by atoms with Crippen molar-refractivity contribution in [3.63, 3.8) is 0 Å². The Morgan fingerprint density at radius 3 is 2.37 bits per heavy atom. The van der Waals surface area contributed by atoms with Crippen molar-refractivity contribution in [2.75, 3.05) is 0 Å². The molecule has 0 N–H and O–H groups in total. The summed E-state index contributed by atoms with van der Waals surface area (Å²) in [5, 5.41) is 3.43. The molecule has 0 aromatic heterocycles. The van der Waals surface area contributed by atoms with Crippen LogP contribution in [0.15, 0.2) is 71.6 Å². The maximum Gasteiger partial charge on any atom is 0.0406 e. The number of hydrogen-bond acceptors (Lipinski definition) is 1. The summed E-state index contributed by atoms with van der Waals surface area (Å²) in [6.45, 7) is 0. The summed E-state index contributed by atoms with van der Waals surface area (Å²) in [5.74, 6) is 0.975. The van der Waals surface area contributed by atoms with Crippen LogP contribution in [0, 0.1) is 0 Å². The first-order valence-electron chi connectivity index (χ1n) is 6.18. The van der Waals surface area contributed by atoms with Crippen LogP contribution in [-0.4, -0.2) is 0 Å². The van der Waals surface area contributed by atoms with Gasteiger partial charge in [0, 0.05) is 15.7 Å². The maximum absolute atomic E-state index is 5.90. The van der Waals surface area contributed by atoms with Crippen LogP contribution < -0.4 is 0 Å². The zero-order valence-corrected chi connectivity index (χ0v) is 11.9. The number of rotatable bonds is 3. The predicted molar refractivity (Wildman–Crippen MR) is 85.0 cm³/mol. The highest BCUT2D eigenvalue weighted by Crippen LogP contribution is 2.27. The highest BCUT2D eigenvalue weighted by atomic mass is 35.5. The zero-order valence-electron chi connectivity index (χ0n) is 10.3. The molecule has 0 aliphatic heterocycles. The highest BCUT2D eigenvalue weighted by molar-refractivity contribution is 7.98. The van der Waals surface area contributed by atoms with E-state index in [1.165, 1.54) is 21.2 Å². The van der Waals surface area contributed by atoms with Crippen LogP contribution in [0.4, 0.5) is 0 Å². The Morgan fingerprint density at radius 1 is 0.789 bits per heavy atom. The molecule has 0 aliphatic rings. The van der Waals surface area contributed by atoms with Gasteiger partial charge in [-0.25, -0.2) is 0 Å². The first-order valence-corrected chi connectivity index (χ1v) is 7.54. The summed E-state index contributed by atoms with van der Waals surface area (Å²) in [6, 6.07) is 23.0. The highest BCUT2D eigenvalue weighted by Gasteiger charge is 2.01. The van der Waals surface area contributed by atoms with Crippen molar-refractivity contribution in [3.05, 3.63) is 77.3 Å². The van der Waals surface area contributed by atoms with Gasteiger partial charge in [0.1, 0.15) is 0 Å². The molecule has 0 bridgehead atoms. The SMILES string of the molecule is Clc1ccc(SCc2cccc3ccccc23)cc1. The summed E-state index contributed by atoms with van der Waals surface area (Å²) in [7, 11) is 0. The third-order valence-electron chi connectivity index (χ3n) is 3.09. The van der Waals surface area contributed by atoms with E-state index in [4.69, 9.17) is 11.6 Å². The summed E-state index contributed by atoms with van der Waals surface area (Å²) >= 11 is 7.74. The fourth-order valence-corrected chi connectivity index (χ4v) is 3.14. The molecule has 0 fully saturated rings. The third kappa shape index (κ3) is 2.94. The molecular formula is C17H13ClS. The predicted octanol–water partition coefficient (Wildman–Crippen LogP) is 5.79. The van der Waals surface area contributed by atoms with Gasteiger partial charge < -0.3 is 0 Å². The van der Waals surface area contributed by atoms with Crippen LogP contribution >= 0.6 is 23.4 Å². The van der Waals surface area contributed by atoms with E-state index in [9.17, 15) is 0 Å². The Hall–Kier alpha value is -1.44. The second-order valence-corrected chi connectivity index (χ2v) is 5.87. The lowest BCUT2D eigenvalue weighted by atomic mass is 10.1. The van der Waals surface area contributed by atoms with Gasteiger partial charge in [0.05, 0.1) is 0 Å². The number of hydrogen-bond donors (Lipinski definition) is 0. The van der Waals surface area contributed by atoms with Crippen molar-refractivity contribution in [1.82, 2.24) is 0 Å². The summed E-state index contributed by atoms with van der Waals surface area (Å²) in [4.78, 5) is 1.25. The Balaban J connectivity index is 1.84. The largest absolute Gasteiger partial charge is 0.121 e. The second-order valence-electron chi connectivity index (χ2n) is 4.38. The van der Waals surface area contributed by atoms with E-state index in [0.717, 1.165) is 10.8 Å². The van der Waals surface area contributed by atoms with E-state index in [1.54, 1.807) is 0 Å². The van der Waals surface area contributed by atoms with Gasteiger partial charge in [0.15, 0.2) is 0 Å². The molecule has 0 amide bonds. The van der Waals surface area contributed by atoms with E-state index in [2.05, 4.69) is 54.6 Å². The second kappa shape index (κ2) is 5.68. The molecule has 0 unspecified atom stereocenters. The fraction of sp³-hybridized carbons (Fsp3) is 0.0588. The Labute approximate surface area is 122 Å². The standard InChI is InChI=1S/C17H13ClS/c18-15-8-10-16(11-9-15)19-12-14-6-3-5-13-4-1-2-7-17(13)14/h1-11H,12H2. The molecule has 0 spiro atoms. The summed E-state index contributed by atoms with van der Waals surface area (Å²) in [5.41, 5.74) is 1.37. The lowest BCUT2D eigenvalue weighted by molar-refractivity contribution is 1.41. The number of benzene rings is 3. The van der Waals surface area contributed by atoms with Gasteiger partial charge >= 0.3 is 0 Å². The summed E-state index contributed by atoms with van der Waals surface area (Å²) in [6.07, 6.45) is 0. The van der Waals surface area contributed by atoms with E-state index < -0.39 is 0 Å². The van der Waals surface area contributed by atoms with Gasteiger partial charge in [-0.15, -0.1) is 11.8 Å². The summed E-state index contributed by atoms with van der Waals surface area (Å²) < 4.78 is 0. The monoisotopic (exact) mass is 284 g/mol. The molecule has 19 heavy (non-hydrogen) atoms. The van der Waals surface area contributed by atoms with Gasteiger partial charge in [0.25, 0.3) is 0 Å². The van der Waals surface area contributed by atoms with Crippen molar-refractivity contribution in [2.24, 2.45) is 0 Å². The molecule has 0 saturated heterocycles. The molecule has 0 nitrogen and oxygen atoms in total. The number of thioether (sulfide) groups is 1. The molecule has 3 aromatic carbocycles. The minimum atomic E-state index is 0.787. The Kier molecular flexibility index (Phi) is 3.77. The smallest absolute Gasteiger partial charge is 0.0406 e. The topological polar surface area (TPSA) is 0 Å². The van der Waals surface area contributed by atoms with Gasteiger partial charge in [-0.2, -0.15) is 0 Å². The quantitative estimate of drug-likeness (QED) is 0.549. The van der Waals surface area contributed by atoms with Crippen molar-refractivity contribution in [3.8, 4) is 0 Å². The van der Waals surface area contributed by atoms with Crippen molar-refractivity contribution >= 4 is 34.1 Å². The first kappa shape index (κ1) is 12.6. The zero-order chi connectivity index (χ0) is 13.1. The average molecular weight is 285 g/mol. The lowest BCUT2D eigenvalue weighted by Gasteiger charge is -2.06. The maximum atomic E-state index is 5.90. The molecule has 3 rings (SSSR count). The molecule has 94 valence electrons. The van der Waals surface area contributed by atoms with Crippen molar-refractivity contribution in [2.45, 2.75) is 10.6 Å². The molecular weight excluding hydrogens is 272 g/mol. The van der Waals surface area contributed by atoms with Gasteiger partial charge in [0.2, 0.25) is 0 Å². The molecule has 0 aliphatic carbocycles. The van der Waals surface area contributed by atoms with Crippen LogP contribution in [-0.2, 0) is 5.75 Å². The van der Waals surface area contributed by atoms with E-state index in [0.29, 0.717) is 0 Å². The van der Waals surface area contributed by atoms with Crippen LogP contribution in [0.5, 0.6) is 0 Å². The first-order chi connectivity index (χ1) is 9.33. The molecule has 0 saturated carbocycles. The van der Waals surface area contributed by atoms with Gasteiger partial charge in [-0.1, -0.05) is 54.1 Å². The minimum absolute atomic E-state index is 0.787. The normalized spacial score (nSPS) is 10.8. The van der Waals surface area contributed by atoms with Crippen LogP contribution in [0.1, 0.15) is 5.56 Å². The van der Waals surface area contributed by atoms with Crippen LogP contribution in [0.2, 0.25) is 5.02 Å².